The van der Waals surface area contributed by atoms with Crippen LogP contribution >= 0.6 is 0 Å². The molecule has 3 unspecified atom stereocenters. The second-order valence-electron chi connectivity index (χ2n) is 5.31. The Labute approximate surface area is 99.5 Å². The minimum Gasteiger partial charge on any atom is -0.374 e. The topological polar surface area (TPSA) is 24.5 Å². The van der Waals surface area contributed by atoms with Gasteiger partial charge in [-0.1, -0.05) is 20.3 Å². The smallest absolute Gasteiger partial charge is 0.0826 e. The molecule has 1 saturated heterocycles. The lowest BCUT2D eigenvalue weighted by Gasteiger charge is -2.33. The predicted molar refractivity (Wildman–Crippen MR) is 66.7 cm³/mol. The summed E-state index contributed by atoms with van der Waals surface area (Å²) in [6, 6.07) is 0.737. The van der Waals surface area contributed by atoms with E-state index in [9.17, 15) is 0 Å². The van der Waals surface area contributed by atoms with Crippen molar-refractivity contribution in [2.75, 3.05) is 32.8 Å². The first kappa shape index (κ1) is 12.3. The van der Waals surface area contributed by atoms with E-state index in [0.29, 0.717) is 6.10 Å². The Morgan fingerprint density at radius 1 is 1.38 bits per heavy atom. The van der Waals surface area contributed by atoms with Gasteiger partial charge in [0.25, 0.3) is 0 Å². The quantitative estimate of drug-likeness (QED) is 0.786. The molecule has 0 bridgehead atoms. The summed E-state index contributed by atoms with van der Waals surface area (Å²) in [4.78, 5) is 2.48. The van der Waals surface area contributed by atoms with Crippen LogP contribution in [0.25, 0.3) is 0 Å². The summed E-state index contributed by atoms with van der Waals surface area (Å²) >= 11 is 0. The molecule has 1 aliphatic heterocycles. The Morgan fingerprint density at radius 2 is 2.25 bits per heavy atom. The lowest BCUT2D eigenvalue weighted by Crippen LogP contribution is -2.48. The average Bonchev–Trinajstić information content (AvgIpc) is 2.72. The minimum absolute atomic E-state index is 0.404. The van der Waals surface area contributed by atoms with E-state index in [1.54, 1.807) is 0 Å². The van der Waals surface area contributed by atoms with E-state index < -0.39 is 0 Å². The van der Waals surface area contributed by atoms with Gasteiger partial charge in [0.1, 0.15) is 0 Å². The van der Waals surface area contributed by atoms with Crippen molar-refractivity contribution in [1.29, 1.82) is 0 Å². The number of nitrogens with zero attached hydrogens (tertiary/aromatic N) is 1. The summed E-state index contributed by atoms with van der Waals surface area (Å²) in [6.45, 7) is 9.89. The molecule has 2 fully saturated rings. The summed E-state index contributed by atoms with van der Waals surface area (Å²) in [5.41, 5.74) is 0. The molecule has 0 radical (unpaired) electrons. The van der Waals surface area contributed by atoms with E-state index in [4.69, 9.17) is 4.74 Å². The van der Waals surface area contributed by atoms with E-state index in [-0.39, 0.29) is 0 Å². The van der Waals surface area contributed by atoms with Gasteiger partial charge in [0, 0.05) is 25.7 Å². The van der Waals surface area contributed by atoms with Gasteiger partial charge < -0.3 is 10.1 Å². The van der Waals surface area contributed by atoms with Crippen molar-refractivity contribution >= 4 is 0 Å². The Balaban J connectivity index is 1.68. The Hall–Kier alpha value is -0.120. The fourth-order valence-electron chi connectivity index (χ4n) is 2.92. The number of ether oxygens (including phenoxy) is 1. The molecule has 1 saturated carbocycles. The highest BCUT2D eigenvalue weighted by Crippen LogP contribution is 2.24. The third kappa shape index (κ3) is 3.19. The fraction of sp³-hybridized carbons (Fsp3) is 1.00. The van der Waals surface area contributed by atoms with Crippen LogP contribution in [-0.2, 0) is 4.74 Å². The van der Waals surface area contributed by atoms with Gasteiger partial charge in [-0.05, 0) is 25.3 Å². The summed E-state index contributed by atoms with van der Waals surface area (Å²) in [5, 5.41) is 3.69. The van der Waals surface area contributed by atoms with Gasteiger partial charge in [0.2, 0.25) is 0 Å². The molecule has 0 spiro atoms. The van der Waals surface area contributed by atoms with Crippen molar-refractivity contribution in [1.82, 2.24) is 10.2 Å². The van der Waals surface area contributed by atoms with Crippen LogP contribution in [0.2, 0.25) is 0 Å². The van der Waals surface area contributed by atoms with Crippen LogP contribution in [0.3, 0.4) is 0 Å². The predicted octanol–water partition coefficient (Wildman–Crippen LogP) is 1.49. The molecule has 1 aliphatic carbocycles. The standard InChI is InChI=1S/C13H26N2O/c1-3-15-7-8-16-12(10-15)9-14-13-6-4-5-11(13)2/h11-14H,3-10H2,1-2H3. The molecule has 3 atom stereocenters. The molecule has 0 aromatic heterocycles. The summed E-state index contributed by atoms with van der Waals surface area (Å²) in [7, 11) is 0. The third-order valence-corrected chi connectivity index (χ3v) is 4.14. The zero-order chi connectivity index (χ0) is 11.4. The van der Waals surface area contributed by atoms with Crippen LogP contribution in [-0.4, -0.2) is 49.8 Å². The molecular formula is C13H26N2O. The lowest BCUT2D eigenvalue weighted by atomic mass is 10.1. The number of hydrogen-bond acceptors (Lipinski definition) is 3. The molecule has 2 aliphatic rings. The number of rotatable bonds is 4. The van der Waals surface area contributed by atoms with Gasteiger partial charge in [-0.2, -0.15) is 0 Å². The van der Waals surface area contributed by atoms with Crippen molar-refractivity contribution in [3.05, 3.63) is 0 Å². The third-order valence-electron chi connectivity index (χ3n) is 4.14. The van der Waals surface area contributed by atoms with Crippen LogP contribution < -0.4 is 5.32 Å². The molecule has 94 valence electrons. The Morgan fingerprint density at radius 3 is 2.94 bits per heavy atom. The maximum atomic E-state index is 5.80. The van der Waals surface area contributed by atoms with E-state index in [1.807, 2.05) is 0 Å². The second-order valence-corrected chi connectivity index (χ2v) is 5.31. The molecule has 1 N–H and O–H groups in total. The fourth-order valence-corrected chi connectivity index (χ4v) is 2.92. The van der Waals surface area contributed by atoms with E-state index in [2.05, 4.69) is 24.1 Å². The lowest BCUT2D eigenvalue weighted by molar-refractivity contribution is -0.0267. The first-order valence-electron chi connectivity index (χ1n) is 6.87. The molecule has 0 aromatic rings. The Bertz CT molecular complexity index is 210. The van der Waals surface area contributed by atoms with Crippen molar-refractivity contribution in [2.45, 2.75) is 45.3 Å². The largest absolute Gasteiger partial charge is 0.374 e. The monoisotopic (exact) mass is 226 g/mol. The van der Waals surface area contributed by atoms with Crippen LogP contribution in [0.4, 0.5) is 0 Å². The van der Waals surface area contributed by atoms with Crippen LogP contribution in [0, 0.1) is 5.92 Å². The van der Waals surface area contributed by atoms with Crippen molar-refractivity contribution in [2.24, 2.45) is 5.92 Å². The van der Waals surface area contributed by atoms with E-state index in [1.165, 1.54) is 19.3 Å². The first-order valence-corrected chi connectivity index (χ1v) is 6.87. The molecule has 3 nitrogen and oxygen atoms in total. The van der Waals surface area contributed by atoms with Gasteiger partial charge >= 0.3 is 0 Å². The van der Waals surface area contributed by atoms with Crippen molar-refractivity contribution < 1.29 is 4.74 Å². The van der Waals surface area contributed by atoms with Gasteiger partial charge in [0.05, 0.1) is 12.7 Å². The highest BCUT2D eigenvalue weighted by atomic mass is 16.5. The van der Waals surface area contributed by atoms with E-state index >= 15 is 0 Å². The first-order chi connectivity index (χ1) is 7.79. The van der Waals surface area contributed by atoms with Crippen LogP contribution in [0.1, 0.15) is 33.1 Å². The van der Waals surface area contributed by atoms with E-state index in [0.717, 1.165) is 44.7 Å². The van der Waals surface area contributed by atoms with Crippen molar-refractivity contribution in [3.8, 4) is 0 Å². The van der Waals surface area contributed by atoms with Gasteiger partial charge in [-0.3, -0.25) is 4.90 Å². The maximum absolute atomic E-state index is 5.80. The Kier molecular flexibility index (Phi) is 4.62. The SMILES string of the molecule is CCN1CCOC(CNC2CCCC2C)C1. The molecule has 16 heavy (non-hydrogen) atoms. The van der Waals surface area contributed by atoms with Gasteiger partial charge in [-0.15, -0.1) is 0 Å². The van der Waals surface area contributed by atoms with Crippen molar-refractivity contribution in [3.63, 3.8) is 0 Å². The molecule has 3 heteroatoms. The summed E-state index contributed by atoms with van der Waals surface area (Å²) in [5.74, 6) is 0.853. The summed E-state index contributed by atoms with van der Waals surface area (Å²) < 4.78 is 5.80. The number of morpholine rings is 1. The number of likely N-dealkylation sites (N-methyl/N-ethyl adjacent to an activating group) is 1. The number of nitrogens with one attached hydrogen (secondary N) is 1. The zero-order valence-corrected chi connectivity index (χ0v) is 10.7. The molecule has 0 amide bonds. The maximum Gasteiger partial charge on any atom is 0.0826 e. The second kappa shape index (κ2) is 5.99. The molecule has 0 aromatic carbocycles. The number of hydrogen-bond donors (Lipinski definition) is 1. The molecular weight excluding hydrogens is 200 g/mol. The van der Waals surface area contributed by atoms with Gasteiger partial charge in [-0.25, -0.2) is 0 Å². The normalized spacial score (nSPS) is 36.8. The van der Waals surface area contributed by atoms with Crippen LogP contribution in [0.5, 0.6) is 0 Å². The minimum atomic E-state index is 0.404. The van der Waals surface area contributed by atoms with Crippen LogP contribution in [0.15, 0.2) is 0 Å². The highest BCUT2D eigenvalue weighted by molar-refractivity contribution is 4.82. The zero-order valence-electron chi connectivity index (χ0n) is 10.7. The average molecular weight is 226 g/mol. The molecule has 2 rings (SSSR count). The van der Waals surface area contributed by atoms with Gasteiger partial charge in [0.15, 0.2) is 0 Å². The highest BCUT2D eigenvalue weighted by Gasteiger charge is 2.25. The molecule has 1 heterocycles. The summed E-state index contributed by atoms with van der Waals surface area (Å²) in [6.07, 6.45) is 4.54.